The van der Waals surface area contributed by atoms with Gasteiger partial charge in [-0.2, -0.15) is 0 Å². The Hall–Kier alpha value is -0.780. The summed E-state index contributed by atoms with van der Waals surface area (Å²) >= 11 is 1.37. The molecule has 0 saturated heterocycles. The summed E-state index contributed by atoms with van der Waals surface area (Å²) in [6.45, 7) is 1.70. The molecule has 2 N–H and O–H groups in total. The van der Waals surface area contributed by atoms with Gasteiger partial charge < -0.3 is 5.73 Å². The van der Waals surface area contributed by atoms with E-state index in [0.717, 1.165) is 6.54 Å². The lowest BCUT2D eigenvalue weighted by Crippen LogP contribution is -2.30. The number of Topliss-reactive ketones (excluding diaryl/α,β-unsaturated/α-hetero) is 1. The van der Waals surface area contributed by atoms with E-state index in [0.29, 0.717) is 18.1 Å². The van der Waals surface area contributed by atoms with E-state index in [2.05, 4.69) is 4.98 Å². The Morgan fingerprint density at radius 3 is 3.08 bits per heavy atom. The van der Waals surface area contributed by atoms with Crippen LogP contribution in [0.2, 0.25) is 0 Å². The maximum absolute atomic E-state index is 11.5. The standard InChI is InChI=1S/C8H13N3OS/c1-11(4-2-9)6-7(12)8-10-3-5-13-8/h3,5H,2,4,6,9H2,1H3. The molecule has 0 spiro atoms. The number of hydrogen-bond donors (Lipinski definition) is 1. The monoisotopic (exact) mass is 199 g/mol. The average molecular weight is 199 g/mol. The minimum absolute atomic E-state index is 0.0611. The molecule has 0 unspecified atom stereocenters. The predicted octanol–water partition coefficient (Wildman–Crippen LogP) is 0.216. The molecular weight excluding hydrogens is 186 g/mol. The number of hydrogen-bond acceptors (Lipinski definition) is 5. The highest BCUT2D eigenvalue weighted by molar-refractivity contribution is 7.11. The van der Waals surface area contributed by atoms with Crippen molar-refractivity contribution in [1.29, 1.82) is 0 Å². The lowest BCUT2D eigenvalue weighted by atomic mass is 10.4. The van der Waals surface area contributed by atoms with Crippen molar-refractivity contribution in [2.45, 2.75) is 0 Å². The predicted molar refractivity (Wildman–Crippen MR) is 53.0 cm³/mol. The second kappa shape index (κ2) is 5.06. The van der Waals surface area contributed by atoms with Crippen LogP contribution in [0.5, 0.6) is 0 Å². The smallest absolute Gasteiger partial charge is 0.205 e. The first kappa shape index (κ1) is 10.3. The average Bonchev–Trinajstić information content (AvgIpc) is 2.55. The number of aromatic nitrogens is 1. The van der Waals surface area contributed by atoms with Gasteiger partial charge in [0.05, 0.1) is 6.54 Å². The van der Waals surface area contributed by atoms with E-state index in [1.807, 2.05) is 11.9 Å². The van der Waals surface area contributed by atoms with Gasteiger partial charge in [0.15, 0.2) is 5.01 Å². The molecule has 1 heterocycles. The Bertz CT molecular complexity index is 260. The molecule has 0 amide bonds. The molecule has 0 aliphatic carbocycles. The van der Waals surface area contributed by atoms with Crippen LogP contribution in [0.3, 0.4) is 0 Å². The molecule has 4 nitrogen and oxygen atoms in total. The van der Waals surface area contributed by atoms with Gasteiger partial charge in [0.1, 0.15) is 0 Å². The van der Waals surface area contributed by atoms with Crippen molar-refractivity contribution < 1.29 is 4.79 Å². The molecule has 5 heteroatoms. The van der Waals surface area contributed by atoms with Gasteiger partial charge in [0.2, 0.25) is 5.78 Å². The van der Waals surface area contributed by atoms with Crippen molar-refractivity contribution in [2.75, 3.05) is 26.7 Å². The topological polar surface area (TPSA) is 59.2 Å². The molecule has 0 aliphatic rings. The fraction of sp³-hybridized carbons (Fsp3) is 0.500. The first-order valence-electron chi connectivity index (χ1n) is 4.05. The maximum Gasteiger partial charge on any atom is 0.205 e. The van der Waals surface area contributed by atoms with Crippen molar-refractivity contribution in [3.63, 3.8) is 0 Å². The SMILES string of the molecule is CN(CCN)CC(=O)c1nccs1. The number of nitrogens with zero attached hydrogens (tertiary/aromatic N) is 2. The first-order valence-corrected chi connectivity index (χ1v) is 4.93. The minimum Gasteiger partial charge on any atom is -0.329 e. The third-order valence-electron chi connectivity index (χ3n) is 1.60. The fourth-order valence-corrected chi connectivity index (χ4v) is 1.54. The molecule has 72 valence electrons. The number of carbonyl (C=O) groups is 1. The van der Waals surface area contributed by atoms with Crippen LogP contribution in [0, 0.1) is 0 Å². The second-order valence-corrected chi connectivity index (χ2v) is 3.68. The number of thiazole rings is 1. The van der Waals surface area contributed by atoms with Crippen molar-refractivity contribution in [2.24, 2.45) is 5.73 Å². The highest BCUT2D eigenvalue weighted by Crippen LogP contribution is 2.05. The molecule has 0 radical (unpaired) electrons. The maximum atomic E-state index is 11.5. The summed E-state index contributed by atoms with van der Waals surface area (Å²) in [4.78, 5) is 17.3. The van der Waals surface area contributed by atoms with E-state index in [4.69, 9.17) is 5.73 Å². The molecule has 1 rings (SSSR count). The van der Waals surface area contributed by atoms with Crippen LogP contribution in [0.1, 0.15) is 9.80 Å². The Labute approximate surface area is 81.4 Å². The highest BCUT2D eigenvalue weighted by Gasteiger charge is 2.10. The van der Waals surface area contributed by atoms with Crippen LogP contribution in [0.4, 0.5) is 0 Å². The number of rotatable bonds is 5. The molecule has 13 heavy (non-hydrogen) atoms. The second-order valence-electron chi connectivity index (χ2n) is 2.79. The molecule has 0 aliphatic heterocycles. The molecular formula is C8H13N3OS. The van der Waals surface area contributed by atoms with E-state index in [-0.39, 0.29) is 5.78 Å². The number of likely N-dealkylation sites (N-methyl/N-ethyl adjacent to an activating group) is 1. The molecule has 0 bridgehead atoms. The van der Waals surface area contributed by atoms with E-state index in [1.54, 1.807) is 11.6 Å². The molecule has 1 aromatic heterocycles. The third kappa shape index (κ3) is 3.22. The van der Waals surface area contributed by atoms with E-state index in [1.165, 1.54) is 11.3 Å². The van der Waals surface area contributed by atoms with Gasteiger partial charge in [-0.3, -0.25) is 9.69 Å². The van der Waals surface area contributed by atoms with Gasteiger partial charge in [-0.05, 0) is 7.05 Å². The summed E-state index contributed by atoms with van der Waals surface area (Å²) in [6.07, 6.45) is 1.64. The summed E-state index contributed by atoms with van der Waals surface area (Å²) in [5, 5.41) is 2.37. The summed E-state index contributed by atoms with van der Waals surface area (Å²) in [7, 11) is 1.87. The van der Waals surface area contributed by atoms with Gasteiger partial charge in [0, 0.05) is 24.7 Å². The van der Waals surface area contributed by atoms with Gasteiger partial charge in [-0.25, -0.2) is 4.98 Å². The molecule has 0 aromatic carbocycles. The zero-order valence-corrected chi connectivity index (χ0v) is 8.38. The molecule has 0 atom stereocenters. The summed E-state index contributed by atoms with van der Waals surface area (Å²) in [5.74, 6) is 0.0611. The van der Waals surface area contributed by atoms with Crippen LogP contribution in [-0.4, -0.2) is 42.3 Å². The minimum atomic E-state index is 0.0611. The Morgan fingerprint density at radius 2 is 2.54 bits per heavy atom. The van der Waals surface area contributed by atoms with Gasteiger partial charge >= 0.3 is 0 Å². The zero-order valence-electron chi connectivity index (χ0n) is 7.56. The molecule has 0 saturated carbocycles. The van der Waals surface area contributed by atoms with E-state index >= 15 is 0 Å². The normalized spacial score (nSPS) is 10.7. The lowest BCUT2D eigenvalue weighted by molar-refractivity contribution is 0.0947. The largest absolute Gasteiger partial charge is 0.329 e. The molecule has 0 fully saturated rings. The van der Waals surface area contributed by atoms with Crippen LogP contribution in [-0.2, 0) is 0 Å². The first-order chi connectivity index (χ1) is 6.24. The summed E-state index contributed by atoms with van der Waals surface area (Å²) in [5.41, 5.74) is 5.36. The van der Waals surface area contributed by atoms with Gasteiger partial charge in [-0.15, -0.1) is 11.3 Å². The van der Waals surface area contributed by atoms with E-state index < -0.39 is 0 Å². The third-order valence-corrected chi connectivity index (χ3v) is 2.41. The van der Waals surface area contributed by atoms with Crippen LogP contribution in [0.15, 0.2) is 11.6 Å². The van der Waals surface area contributed by atoms with E-state index in [9.17, 15) is 4.79 Å². The fourth-order valence-electron chi connectivity index (χ4n) is 0.973. The van der Waals surface area contributed by atoms with Crippen molar-refractivity contribution in [3.8, 4) is 0 Å². The molecule has 1 aromatic rings. The quantitative estimate of drug-likeness (QED) is 0.689. The van der Waals surface area contributed by atoms with Crippen molar-refractivity contribution in [3.05, 3.63) is 16.6 Å². The number of nitrogens with two attached hydrogens (primary N) is 1. The van der Waals surface area contributed by atoms with Gasteiger partial charge in [0.25, 0.3) is 0 Å². The van der Waals surface area contributed by atoms with Crippen LogP contribution < -0.4 is 5.73 Å². The highest BCUT2D eigenvalue weighted by atomic mass is 32.1. The van der Waals surface area contributed by atoms with Gasteiger partial charge in [-0.1, -0.05) is 0 Å². The van der Waals surface area contributed by atoms with Crippen LogP contribution >= 0.6 is 11.3 Å². The Kier molecular flexibility index (Phi) is 4.01. The number of ketones is 1. The Balaban J connectivity index is 2.42. The van der Waals surface area contributed by atoms with Crippen molar-refractivity contribution in [1.82, 2.24) is 9.88 Å². The van der Waals surface area contributed by atoms with Crippen molar-refractivity contribution >= 4 is 17.1 Å². The summed E-state index contributed by atoms with van der Waals surface area (Å²) in [6, 6.07) is 0. The van der Waals surface area contributed by atoms with Crippen LogP contribution in [0.25, 0.3) is 0 Å². The number of carbonyl (C=O) groups excluding carboxylic acids is 1. The zero-order chi connectivity index (χ0) is 9.68. The lowest BCUT2D eigenvalue weighted by Gasteiger charge is -2.12. The Morgan fingerprint density at radius 1 is 1.77 bits per heavy atom. The summed E-state index contributed by atoms with van der Waals surface area (Å²) < 4.78 is 0.